The SMILES string of the molecule is O=C(c1[nH]c(=O)n(-c2cccc(N3CCOCC3)c2)c1-c1ccccc1)N1CCNCC1Cc1ccccc1. The van der Waals surface area contributed by atoms with Crippen LogP contribution >= 0.6 is 0 Å². The van der Waals surface area contributed by atoms with E-state index in [0.29, 0.717) is 44.2 Å². The van der Waals surface area contributed by atoms with E-state index >= 15 is 0 Å². The van der Waals surface area contributed by atoms with Crippen LogP contribution in [0, 0.1) is 0 Å². The monoisotopic (exact) mass is 523 g/mol. The van der Waals surface area contributed by atoms with Crippen molar-refractivity contribution in [1.29, 1.82) is 0 Å². The highest BCUT2D eigenvalue weighted by molar-refractivity contribution is 5.99. The molecule has 3 aromatic carbocycles. The molecule has 6 rings (SSSR count). The third kappa shape index (κ3) is 5.26. The van der Waals surface area contributed by atoms with Crippen LogP contribution in [0.2, 0.25) is 0 Å². The molecule has 1 unspecified atom stereocenters. The van der Waals surface area contributed by atoms with Crippen molar-refractivity contribution in [3.63, 3.8) is 0 Å². The number of benzene rings is 3. The van der Waals surface area contributed by atoms with Gasteiger partial charge in [0.05, 0.1) is 24.6 Å². The Labute approximate surface area is 227 Å². The van der Waals surface area contributed by atoms with Gasteiger partial charge in [-0.2, -0.15) is 0 Å². The Morgan fingerprint density at radius 1 is 0.872 bits per heavy atom. The van der Waals surface area contributed by atoms with Crippen LogP contribution in [0.4, 0.5) is 5.69 Å². The van der Waals surface area contributed by atoms with Crippen molar-refractivity contribution in [3.05, 3.63) is 107 Å². The van der Waals surface area contributed by atoms with Crippen LogP contribution in [0.15, 0.2) is 89.7 Å². The number of carbonyl (C=O) groups excluding carboxylic acids is 1. The van der Waals surface area contributed by atoms with Crippen LogP contribution in [0.25, 0.3) is 16.9 Å². The van der Waals surface area contributed by atoms with Gasteiger partial charge in [0, 0.05) is 50.0 Å². The summed E-state index contributed by atoms with van der Waals surface area (Å²) in [5.41, 5.74) is 4.32. The van der Waals surface area contributed by atoms with Crippen LogP contribution < -0.4 is 15.9 Å². The van der Waals surface area contributed by atoms with Gasteiger partial charge < -0.3 is 24.8 Å². The summed E-state index contributed by atoms with van der Waals surface area (Å²) in [6.07, 6.45) is 0.743. The Bertz CT molecular complexity index is 1480. The number of anilines is 1. The number of aromatic amines is 1. The molecule has 2 N–H and O–H groups in total. The maximum Gasteiger partial charge on any atom is 0.331 e. The minimum absolute atomic E-state index is 0.0197. The van der Waals surface area contributed by atoms with Gasteiger partial charge in [-0.1, -0.05) is 66.7 Å². The summed E-state index contributed by atoms with van der Waals surface area (Å²) < 4.78 is 7.16. The van der Waals surface area contributed by atoms with Crippen molar-refractivity contribution in [3.8, 4) is 16.9 Å². The zero-order chi connectivity index (χ0) is 26.6. The highest BCUT2D eigenvalue weighted by Crippen LogP contribution is 2.28. The number of hydrogen-bond donors (Lipinski definition) is 2. The lowest BCUT2D eigenvalue weighted by Crippen LogP contribution is -2.54. The Balaban J connectivity index is 1.41. The molecule has 1 atom stereocenters. The lowest BCUT2D eigenvalue weighted by Gasteiger charge is -2.36. The Hall–Kier alpha value is -4.14. The standard InChI is InChI=1S/C31H33N5O3/c37-30(35-15-14-32-22-27(35)20-23-8-3-1-4-9-23)28-29(24-10-5-2-6-11-24)36(31(38)33-28)26-13-7-12-25(21-26)34-16-18-39-19-17-34/h1-13,21,27,32H,14-20,22H2,(H,33,38). The van der Waals surface area contributed by atoms with Gasteiger partial charge in [0.15, 0.2) is 0 Å². The predicted molar refractivity (Wildman–Crippen MR) is 153 cm³/mol. The second kappa shape index (κ2) is 11.3. The van der Waals surface area contributed by atoms with Gasteiger partial charge in [0.25, 0.3) is 5.91 Å². The van der Waals surface area contributed by atoms with E-state index in [1.807, 2.05) is 71.6 Å². The Morgan fingerprint density at radius 2 is 1.59 bits per heavy atom. The summed E-state index contributed by atoms with van der Waals surface area (Å²) >= 11 is 0. The summed E-state index contributed by atoms with van der Waals surface area (Å²) in [7, 11) is 0. The summed E-state index contributed by atoms with van der Waals surface area (Å²) in [4.78, 5) is 34.9. The van der Waals surface area contributed by atoms with Crippen molar-refractivity contribution in [2.75, 3.05) is 50.8 Å². The van der Waals surface area contributed by atoms with Crippen molar-refractivity contribution < 1.29 is 9.53 Å². The molecule has 0 radical (unpaired) electrons. The first kappa shape index (κ1) is 25.2. The molecule has 0 saturated carbocycles. The number of aromatic nitrogens is 2. The molecule has 200 valence electrons. The summed E-state index contributed by atoms with van der Waals surface area (Å²) in [6, 6.07) is 27.8. The molecule has 2 saturated heterocycles. The van der Waals surface area contributed by atoms with Gasteiger partial charge in [-0.3, -0.25) is 9.36 Å². The van der Waals surface area contributed by atoms with Crippen LogP contribution in [-0.2, 0) is 11.2 Å². The molecule has 2 fully saturated rings. The molecule has 39 heavy (non-hydrogen) atoms. The average Bonchev–Trinajstić information content (AvgIpc) is 3.35. The molecule has 3 heterocycles. The fraction of sp³-hybridized carbons (Fsp3) is 0.290. The molecule has 1 amide bonds. The number of nitrogens with zero attached hydrogens (tertiary/aromatic N) is 3. The van der Waals surface area contributed by atoms with Crippen LogP contribution in [-0.4, -0.2) is 72.3 Å². The summed E-state index contributed by atoms with van der Waals surface area (Å²) in [6.45, 7) is 4.94. The lowest BCUT2D eigenvalue weighted by atomic mass is 10.0. The number of rotatable bonds is 6. The third-order valence-electron chi connectivity index (χ3n) is 7.55. The molecular weight excluding hydrogens is 490 g/mol. The maximum absolute atomic E-state index is 14.2. The first-order valence-electron chi connectivity index (χ1n) is 13.6. The molecule has 8 nitrogen and oxygen atoms in total. The van der Waals surface area contributed by atoms with E-state index in [0.717, 1.165) is 36.4 Å². The van der Waals surface area contributed by atoms with Gasteiger partial charge >= 0.3 is 5.69 Å². The molecule has 8 heteroatoms. The Kier molecular flexibility index (Phi) is 7.29. The van der Waals surface area contributed by atoms with Gasteiger partial charge in [0.1, 0.15) is 5.69 Å². The number of imidazole rings is 1. The second-order valence-corrected chi connectivity index (χ2v) is 10.0. The van der Waals surface area contributed by atoms with Crippen molar-refractivity contribution in [2.45, 2.75) is 12.5 Å². The number of hydrogen-bond acceptors (Lipinski definition) is 5. The smallest absolute Gasteiger partial charge is 0.331 e. The first-order chi connectivity index (χ1) is 19.2. The zero-order valence-electron chi connectivity index (χ0n) is 21.9. The first-order valence-corrected chi connectivity index (χ1v) is 13.6. The summed E-state index contributed by atoms with van der Waals surface area (Å²) in [5.74, 6) is -0.156. The number of morpholine rings is 1. The molecule has 1 aromatic heterocycles. The van der Waals surface area contributed by atoms with E-state index in [1.165, 1.54) is 5.56 Å². The minimum atomic E-state index is -0.328. The Morgan fingerprint density at radius 3 is 2.36 bits per heavy atom. The van der Waals surface area contributed by atoms with E-state index in [2.05, 4.69) is 33.4 Å². The molecule has 2 aliphatic rings. The highest BCUT2D eigenvalue weighted by atomic mass is 16.5. The minimum Gasteiger partial charge on any atom is -0.378 e. The number of carbonyl (C=O) groups is 1. The lowest BCUT2D eigenvalue weighted by molar-refractivity contribution is 0.0631. The van der Waals surface area contributed by atoms with E-state index in [9.17, 15) is 9.59 Å². The van der Waals surface area contributed by atoms with Gasteiger partial charge in [-0.25, -0.2) is 4.79 Å². The van der Waals surface area contributed by atoms with Crippen LogP contribution in [0.1, 0.15) is 16.1 Å². The van der Waals surface area contributed by atoms with E-state index in [-0.39, 0.29) is 17.6 Å². The topological polar surface area (TPSA) is 82.6 Å². The fourth-order valence-corrected chi connectivity index (χ4v) is 5.60. The van der Waals surface area contributed by atoms with Gasteiger partial charge in [-0.15, -0.1) is 0 Å². The molecular formula is C31H33N5O3. The number of H-pyrrole nitrogens is 1. The van der Waals surface area contributed by atoms with E-state index < -0.39 is 0 Å². The van der Waals surface area contributed by atoms with Crippen LogP contribution in [0.5, 0.6) is 0 Å². The van der Waals surface area contributed by atoms with Gasteiger partial charge in [0.2, 0.25) is 0 Å². The highest BCUT2D eigenvalue weighted by Gasteiger charge is 2.32. The largest absolute Gasteiger partial charge is 0.378 e. The molecule has 0 bridgehead atoms. The zero-order valence-corrected chi connectivity index (χ0v) is 21.9. The van der Waals surface area contributed by atoms with E-state index in [4.69, 9.17) is 4.74 Å². The molecule has 4 aromatic rings. The fourth-order valence-electron chi connectivity index (χ4n) is 5.60. The number of ether oxygens (including phenoxy) is 1. The second-order valence-electron chi connectivity index (χ2n) is 10.0. The average molecular weight is 524 g/mol. The van der Waals surface area contributed by atoms with Crippen LogP contribution in [0.3, 0.4) is 0 Å². The van der Waals surface area contributed by atoms with Gasteiger partial charge in [-0.05, 0) is 30.2 Å². The quantitative estimate of drug-likeness (QED) is 0.405. The van der Waals surface area contributed by atoms with Crippen molar-refractivity contribution in [2.24, 2.45) is 0 Å². The van der Waals surface area contributed by atoms with Crippen molar-refractivity contribution in [1.82, 2.24) is 19.8 Å². The summed E-state index contributed by atoms with van der Waals surface area (Å²) in [5, 5.41) is 3.43. The number of amides is 1. The number of piperazine rings is 1. The predicted octanol–water partition coefficient (Wildman–Crippen LogP) is 3.33. The molecule has 2 aliphatic heterocycles. The maximum atomic E-state index is 14.2. The normalized spacial score (nSPS) is 17.8. The van der Waals surface area contributed by atoms with E-state index in [1.54, 1.807) is 4.57 Å². The number of nitrogens with one attached hydrogen (secondary N) is 2. The third-order valence-corrected chi connectivity index (χ3v) is 7.55. The molecule has 0 aliphatic carbocycles. The van der Waals surface area contributed by atoms with Crippen molar-refractivity contribution >= 4 is 11.6 Å². The molecule has 0 spiro atoms.